The lowest BCUT2D eigenvalue weighted by Crippen LogP contribution is -2.53. The van der Waals surface area contributed by atoms with Crippen LogP contribution in [0.4, 0.5) is 0 Å². The average molecular weight is 289 g/mol. The molecule has 1 fully saturated rings. The first-order valence-corrected chi connectivity index (χ1v) is 8.12. The van der Waals surface area contributed by atoms with E-state index in [-0.39, 0.29) is 12.1 Å². The molecular formula is C17H27N3O. The van der Waals surface area contributed by atoms with Gasteiger partial charge in [0, 0.05) is 11.6 Å². The lowest BCUT2D eigenvalue weighted by molar-refractivity contribution is 0.0525. The van der Waals surface area contributed by atoms with Crippen molar-refractivity contribution in [3.05, 3.63) is 29.8 Å². The molecule has 2 heterocycles. The highest BCUT2D eigenvalue weighted by Gasteiger charge is 2.34. The second kappa shape index (κ2) is 6.34. The molecule has 2 N–H and O–H groups in total. The van der Waals surface area contributed by atoms with E-state index in [1.807, 2.05) is 18.2 Å². The summed E-state index contributed by atoms with van der Waals surface area (Å²) in [6.45, 7) is 6.50. The fourth-order valence-electron chi connectivity index (χ4n) is 3.66. The third-order valence-corrected chi connectivity index (χ3v) is 5.21. The summed E-state index contributed by atoms with van der Waals surface area (Å²) in [6, 6.07) is 9.12. The number of hydrogen-bond acceptors (Lipinski definition) is 4. The van der Waals surface area contributed by atoms with Crippen LogP contribution in [-0.2, 0) is 0 Å². The van der Waals surface area contributed by atoms with Crippen molar-refractivity contribution in [3.63, 3.8) is 0 Å². The Labute approximate surface area is 127 Å². The maximum absolute atomic E-state index is 6.52. The van der Waals surface area contributed by atoms with Crippen LogP contribution in [0.1, 0.15) is 31.4 Å². The van der Waals surface area contributed by atoms with Gasteiger partial charge in [-0.3, -0.25) is 4.90 Å². The van der Waals surface area contributed by atoms with Gasteiger partial charge in [-0.05, 0) is 45.6 Å². The Hall–Kier alpha value is -1.10. The molecule has 1 aromatic rings. The fourth-order valence-corrected chi connectivity index (χ4v) is 3.66. The van der Waals surface area contributed by atoms with Crippen LogP contribution in [0.3, 0.4) is 0 Å². The Morgan fingerprint density at radius 2 is 2.00 bits per heavy atom. The molecule has 2 unspecified atom stereocenters. The topological polar surface area (TPSA) is 41.7 Å². The summed E-state index contributed by atoms with van der Waals surface area (Å²) >= 11 is 0. The van der Waals surface area contributed by atoms with Gasteiger partial charge in [-0.25, -0.2) is 0 Å². The van der Waals surface area contributed by atoms with Gasteiger partial charge in [0.1, 0.15) is 12.4 Å². The molecule has 0 aromatic heterocycles. The van der Waals surface area contributed by atoms with Crippen molar-refractivity contribution in [2.24, 2.45) is 5.73 Å². The Morgan fingerprint density at radius 1 is 1.29 bits per heavy atom. The maximum Gasteiger partial charge on any atom is 0.124 e. The van der Waals surface area contributed by atoms with E-state index in [4.69, 9.17) is 10.5 Å². The van der Waals surface area contributed by atoms with Gasteiger partial charge in [0.2, 0.25) is 0 Å². The highest BCUT2D eigenvalue weighted by Crippen LogP contribution is 2.33. The zero-order valence-electron chi connectivity index (χ0n) is 13.2. The number of piperidine rings is 1. The van der Waals surface area contributed by atoms with Gasteiger partial charge < -0.3 is 15.4 Å². The zero-order valence-corrected chi connectivity index (χ0v) is 13.2. The van der Waals surface area contributed by atoms with Crippen molar-refractivity contribution in [2.75, 3.05) is 33.3 Å². The van der Waals surface area contributed by atoms with E-state index < -0.39 is 0 Å². The standard InChI is InChI=1S/C17H27N3O/c1-3-20-10-8-13(9-11-20)19(2)15-12-21-16-7-5-4-6-14(16)17(15)18/h4-7,13,15,17H,3,8-12,18H2,1-2H3. The van der Waals surface area contributed by atoms with Crippen LogP contribution in [0.25, 0.3) is 0 Å². The summed E-state index contributed by atoms with van der Waals surface area (Å²) in [7, 11) is 2.22. The normalized spacial score (nSPS) is 27.4. The van der Waals surface area contributed by atoms with Gasteiger partial charge in [0.25, 0.3) is 0 Å². The molecule has 0 amide bonds. The monoisotopic (exact) mass is 289 g/mol. The SMILES string of the molecule is CCN1CCC(N(C)C2COc3ccccc3C2N)CC1. The molecule has 0 spiro atoms. The number of hydrogen-bond donors (Lipinski definition) is 1. The number of nitrogens with zero attached hydrogens (tertiary/aromatic N) is 2. The Morgan fingerprint density at radius 3 is 2.71 bits per heavy atom. The predicted octanol–water partition coefficient (Wildman–Crippen LogP) is 1.86. The third kappa shape index (κ3) is 2.93. The van der Waals surface area contributed by atoms with Crippen LogP contribution < -0.4 is 10.5 Å². The Kier molecular flexibility index (Phi) is 4.48. The Balaban J connectivity index is 1.67. The van der Waals surface area contributed by atoms with E-state index in [0.29, 0.717) is 12.6 Å². The molecule has 1 saturated heterocycles. The van der Waals surface area contributed by atoms with Crippen molar-refractivity contribution in [1.29, 1.82) is 0 Å². The minimum absolute atomic E-state index is 0.0455. The molecule has 2 aliphatic heterocycles. The highest BCUT2D eigenvalue weighted by atomic mass is 16.5. The van der Waals surface area contributed by atoms with E-state index in [0.717, 1.165) is 17.9 Å². The first kappa shape index (κ1) is 14.8. The van der Waals surface area contributed by atoms with Gasteiger partial charge in [0.05, 0.1) is 12.1 Å². The molecule has 3 rings (SSSR count). The molecule has 116 valence electrons. The Bertz CT molecular complexity index is 471. The molecule has 4 nitrogen and oxygen atoms in total. The number of nitrogens with two attached hydrogens (primary N) is 1. The van der Waals surface area contributed by atoms with Crippen LogP contribution in [0.15, 0.2) is 24.3 Å². The molecule has 4 heteroatoms. The molecule has 0 aliphatic carbocycles. The number of ether oxygens (including phenoxy) is 1. The van der Waals surface area contributed by atoms with Crippen LogP contribution in [0, 0.1) is 0 Å². The molecule has 21 heavy (non-hydrogen) atoms. The second-order valence-electron chi connectivity index (χ2n) is 6.27. The van der Waals surface area contributed by atoms with E-state index in [2.05, 4.69) is 29.8 Å². The first-order valence-electron chi connectivity index (χ1n) is 8.12. The van der Waals surface area contributed by atoms with Gasteiger partial charge >= 0.3 is 0 Å². The minimum Gasteiger partial charge on any atom is -0.492 e. The van der Waals surface area contributed by atoms with Crippen molar-refractivity contribution in [2.45, 2.75) is 37.9 Å². The van der Waals surface area contributed by atoms with Crippen molar-refractivity contribution >= 4 is 0 Å². The number of likely N-dealkylation sites (N-methyl/N-ethyl adjacent to an activating group) is 1. The highest BCUT2D eigenvalue weighted by molar-refractivity contribution is 5.38. The molecule has 0 bridgehead atoms. The number of likely N-dealkylation sites (tertiary alicyclic amines) is 1. The van der Waals surface area contributed by atoms with Crippen molar-refractivity contribution in [1.82, 2.24) is 9.80 Å². The molecule has 2 aliphatic rings. The van der Waals surface area contributed by atoms with Gasteiger partial charge in [-0.2, -0.15) is 0 Å². The average Bonchev–Trinajstić information content (AvgIpc) is 2.55. The molecule has 0 radical (unpaired) electrons. The lowest BCUT2D eigenvalue weighted by Gasteiger charge is -2.43. The smallest absolute Gasteiger partial charge is 0.124 e. The van der Waals surface area contributed by atoms with Crippen molar-refractivity contribution < 1.29 is 4.74 Å². The molecule has 2 atom stereocenters. The van der Waals surface area contributed by atoms with Gasteiger partial charge in [-0.15, -0.1) is 0 Å². The second-order valence-corrected chi connectivity index (χ2v) is 6.27. The summed E-state index contributed by atoms with van der Waals surface area (Å²) in [5.41, 5.74) is 7.66. The van der Waals surface area contributed by atoms with Crippen molar-refractivity contribution in [3.8, 4) is 5.75 Å². The maximum atomic E-state index is 6.52. The van der Waals surface area contributed by atoms with Gasteiger partial charge in [0.15, 0.2) is 0 Å². The van der Waals surface area contributed by atoms with Crippen LogP contribution in [0.2, 0.25) is 0 Å². The van der Waals surface area contributed by atoms with E-state index >= 15 is 0 Å². The van der Waals surface area contributed by atoms with Crippen LogP contribution in [0.5, 0.6) is 5.75 Å². The lowest BCUT2D eigenvalue weighted by atomic mass is 9.93. The predicted molar refractivity (Wildman–Crippen MR) is 85.6 cm³/mol. The first-order chi connectivity index (χ1) is 10.2. The number of fused-ring (bicyclic) bond motifs is 1. The van der Waals surface area contributed by atoms with Crippen LogP contribution >= 0.6 is 0 Å². The van der Waals surface area contributed by atoms with E-state index in [1.165, 1.54) is 25.9 Å². The number of benzene rings is 1. The summed E-state index contributed by atoms with van der Waals surface area (Å²) < 4.78 is 5.93. The molecule has 0 saturated carbocycles. The largest absolute Gasteiger partial charge is 0.492 e. The van der Waals surface area contributed by atoms with E-state index in [9.17, 15) is 0 Å². The molecule has 1 aromatic carbocycles. The van der Waals surface area contributed by atoms with Gasteiger partial charge in [-0.1, -0.05) is 25.1 Å². The summed E-state index contributed by atoms with van der Waals surface area (Å²) in [5, 5.41) is 0. The third-order valence-electron chi connectivity index (χ3n) is 5.21. The summed E-state index contributed by atoms with van der Waals surface area (Å²) in [4.78, 5) is 4.99. The van der Waals surface area contributed by atoms with E-state index in [1.54, 1.807) is 0 Å². The zero-order chi connectivity index (χ0) is 14.8. The molecular weight excluding hydrogens is 262 g/mol. The summed E-state index contributed by atoms with van der Waals surface area (Å²) in [5.74, 6) is 0.954. The number of para-hydroxylation sites is 1. The quantitative estimate of drug-likeness (QED) is 0.922. The van der Waals surface area contributed by atoms with Crippen LogP contribution in [-0.4, -0.2) is 55.2 Å². The minimum atomic E-state index is 0.0455. The fraction of sp³-hybridized carbons (Fsp3) is 0.647. The summed E-state index contributed by atoms with van der Waals surface area (Å²) in [6.07, 6.45) is 2.46. The number of rotatable bonds is 3.